The van der Waals surface area contributed by atoms with Crippen molar-refractivity contribution in [1.29, 1.82) is 0 Å². The summed E-state index contributed by atoms with van der Waals surface area (Å²) in [5, 5.41) is 9.13. The predicted molar refractivity (Wildman–Crippen MR) is 69.8 cm³/mol. The minimum atomic E-state index is -0.0256. The van der Waals surface area contributed by atoms with Crippen molar-refractivity contribution in [1.82, 2.24) is 4.98 Å². The number of rotatable bonds is 4. The number of hydrogen-bond acceptors (Lipinski definition) is 4. The van der Waals surface area contributed by atoms with Crippen molar-refractivity contribution in [2.45, 2.75) is 19.9 Å². The van der Waals surface area contributed by atoms with Crippen LogP contribution >= 0.6 is 12.2 Å². The van der Waals surface area contributed by atoms with Crippen molar-refractivity contribution in [3.05, 3.63) is 23.4 Å². The number of anilines is 1. The number of aliphatic hydroxyl groups excluding tert-OH is 1. The van der Waals surface area contributed by atoms with Crippen molar-refractivity contribution < 1.29 is 5.11 Å². The smallest absolute Gasteiger partial charge is 0.139 e. The molecule has 16 heavy (non-hydrogen) atoms. The van der Waals surface area contributed by atoms with E-state index in [1.165, 1.54) is 0 Å². The number of likely N-dealkylation sites (N-methyl/N-ethyl adjacent to an activating group) is 1. The van der Waals surface area contributed by atoms with Crippen LogP contribution in [0.4, 0.5) is 5.82 Å². The number of aryl methyl sites for hydroxylation is 1. The van der Waals surface area contributed by atoms with Gasteiger partial charge in [0.05, 0.1) is 18.2 Å². The molecule has 1 rings (SSSR count). The molecule has 4 nitrogen and oxygen atoms in total. The number of aliphatic hydroxyl groups is 1. The van der Waals surface area contributed by atoms with Gasteiger partial charge in [-0.2, -0.15) is 0 Å². The summed E-state index contributed by atoms with van der Waals surface area (Å²) in [6, 6.07) is 3.71. The quantitative estimate of drug-likeness (QED) is 0.762. The Morgan fingerprint density at radius 2 is 2.25 bits per heavy atom. The molecule has 0 amide bonds. The van der Waals surface area contributed by atoms with Crippen LogP contribution in [0.2, 0.25) is 0 Å². The molecule has 88 valence electrons. The molecule has 0 aliphatic carbocycles. The van der Waals surface area contributed by atoms with Gasteiger partial charge in [0.2, 0.25) is 0 Å². The zero-order valence-electron chi connectivity index (χ0n) is 9.77. The van der Waals surface area contributed by atoms with E-state index in [9.17, 15) is 0 Å². The van der Waals surface area contributed by atoms with E-state index in [1.807, 2.05) is 37.9 Å². The molecule has 1 atom stereocenters. The third-order valence-electron chi connectivity index (χ3n) is 2.54. The number of thiocarbonyl (C=S) groups is 1. The second-order valence-electron chi connectivity index (χ2n) is 3.83. The maximum Gasteiger partial charge on any atom is 0.139 e. The summed E-state index contributed by atoms with van der Waals surface area (Å²) in [4.78, 5) is 6.61. The van der Waals surface area contributed by atoms with Crippen molar-refractivity contribution in [3.8, 4) is 0 Å². The Morgan fingerprint density at radius 1 is 1.62 bits per heavy atom. The van der Waals surface area contributed by atoms with Gasteiger partial charge in [-0.05, 0) is 26.0 Å². The van der Waals surface area contributed by atoms with Crippen LogP contribution in [0.25, 0.3) is 0 Å². The molecule has 1 aromatic heterocycles. The summed E-state index contributed by atoms with van der Waals surface area (Å²) in [7, 11) is 1.87. The molecule has 5 heteroatoms. The molecule has 1 unspecified atom stereocenters. The Morgan fingerprint density at radius 3 is 2.75 bits per heavy atom. The van der Waals surface area contributed by atoms with E-state index in [2.05, 4.69) is 4.98 Å². The third-order valence-corrected chi connectivity index (χ3v) is 2.76. The minimum absolute atomic E-state index is 0.0256. The largest absolute Gasteiger partial charge is 0.394 e. The van der Waals surface area contributed by atoms with Crippen molar-refractivity contribution in [2.24, 2.45) is 5.73 Å². The van der Waals surface area contributed by atoms with E-state index >= 15 is 0 Å². The Bertz CT molecular complexity index is 395. The number of nitrogens with two attached hydrogens (primary N) is 1. The maximum absolute atomic E-state index is 9.13. The van der Waals surface area contributed by atoms with Crippen molar-refractivity contribution >= 4 is 23.0 Å². The summed E-state index contributed by atoms with van der Waals surface area (Å²) in [6.07, 6.45) is 0. The Labute approximate surface area is 101 Å². The van der Waals surface area contributed by atoms with Crippen molar-refractivity contribution in [2.75, 3.05) is 18.6 Å². The van der Waals surface area contributed by atoms with Gasteiger partial charge in [-0.3, -0.25) is 0 Å². The molecule has 1 heterocycles. The normalized spacial score (nSPS) is 12.2. The van der Waals surface area contributed by atoms with Gasteiger partial charge in [-0.15, -0.1) is 0 Å². The second kappa shape index (κ2) is 5.23. The lowest BCUT2D eigenvalue weighted by Gasteiger charge is -2.26. The van der Waals surface area contributed by atoms with Crippen LogP contribution in [0.15, 0.2) is 12.1 Å². The third kappa shape index (κ3) is 2.68. The highest BCUT2D eigenvalue weighted by Gasteiger charge is 2.15. The van der Waals surface area contributed by atoms with Gasteiger partial charge in [0, 0.05) is 12.7 Å². The van der Waals surface area contributed by atoms with Crippen LogP contribution in [0.3, 0.4) is 0 Å². The second-order valence-corrected chi connectivity index (χ2v) is 4.27. The first-order valence-corrected chi connectivity index (χ1v) is 5.49. The molecule has 0 spiro atoms. The predicted octanol–water partition coefficient (Wildman–Crippen LogP) is 0.841. The molecular weight excluding hydrogens is 222 g/mol. The van der Waals surface area contributed by atoms with Crippen LogP contribution in [0.5, 0.6) is 0 Å². The molecule has 0 saturated carbocycles. The number of nitrogens with zero attached hydrogens (tertiary/aromatic N) is 2. The van der Waals surface area contributed by atoms with E-state index in [0.29, 0.717) is 10.8 Å². The van der Waals surface area contributed by atoms with Gasteiger partial charge in [-0.1, -0.05) is 12.2 Å². The average molecular weight is 239 g/mol. The first kappa shape index (κ1) is 12.9. The van der Waals surface area contributed by atoms with Crippen LogP contribution in [-0.2, 0) is 0 Å². The highest BCUT2D eigenvalue weighted by atomic mass is 32.1. The molecule has 0 aliphatic heterocycles. The standard InChI is InChI=1S/C11H17N3OS/c1-7-4-5-9(10(12)16)11(13-7)14(3)8(2)6-15/h4-5,8,15H,6H2,1-3H3,(H2,12,16). The number of pyridine rings is 1. The van der Waals surface area contributed by atoms with Crippen LogP contribution in [0, 0.1) is 6.92 Å². The Balaban J connectivity index is 3.19. The molecule has 0 bridgehead atoms. The van der Waals surface area contributed by atoms with E-state index in [1.54, 1.807) is 0 Å². The molecule has 1 aromatic rings. The summed E-state index contributed by atoms with van der Waals surface area (Å²) >= 11 is 4.98. The summed E-state index contributed by atoms with van der Waals surface area (Å²) in [5.41, 5.74) is 7.28. The lowest BCUT2D eigenvalue weighted by atomic mass is 10.2. The van der Waals surface area contributed by atoms with Gasteiger partial charge in [0.15, 0.2) is 0 Å². The van der Waals surface area contributed by atoms with Crippen LogP contribution < -0.4 is 10.6 Å². The molecular formula is C11H17N3OS. The van der Waals surface area contributed by atoms with Crippen molar-refractivity contribution in [3.63, 3.8) is 0 Å². The monoisotopic (exact) mass is 239 g/mol. The van der Waals surface area contributed by atoms with E-state index < -0.39 is 0 Å². The summed E-state index contributed by atoms with van der Waals surface area (Å²) in [5.74, 6) is 0.717. The molecule has 0 radical (unpaired) electrons. The Kier molecular flexibility index (Phi) is 4.20. The lowest BCUT2D eigenvalue weighted by Crippen LogP contribution is -2.34. The van der Waals surface area contributed by atoms with Crippen LogP contribution in [0.1, 0.15) is 18.2 Å². The highest BCUT2D eigenvalue weighted by Crippen LogP contribution is 2.19. The topological polar surface area (TPSA) is 62.4 Å². The number of aromatic nitrogens is 1. The van der Waals surface area contributed by atoms with E-state index in [0.717, 1.165) is 11.3 Å². The Hall–Kier alpha value is -1.20. The average Bonchev–Trinajstić information content (AvgIpc) is 2.26. The molecule has 0 saturated heterocycles. The van der Waals surface area contributed by atoms with Gasteiger partial charge in [0.1, 0.15) is 10.8 Å². The van der Waals surface area contributed by atoms with E-state index in [-0.39, 0.29) is 12.6 Å². The van der Waals surface area contributed by atoms with Gasteiger partial charge >= 0.3 is 0 Å². The fraction of sp³-hybridized carbons (Fsp3) is 0.455. The van der Waals surface area contributed by atoms with E-state index in [4.69, 9.17) is 23.1 Å². The zero-order chi connectivity index (χ0) is 12.3. The molecule has 0 aliphatic rings. The first-order chi connectivity index (χ1) is 7.47. The van der Waals surface area contributed by atoms with Gasteiger partial charge in [0.25, 0.3) is 0 Å². The van der Waals surface area contributed by atoms with Gasteiger partial charge in [-0.25, -0.2) is 4.98 Å². The fourth-order valence-corrected chi connectivity index (χ4v) is 1.49. The minimum Gasteiger partial charge on any atom is -0.394 e. The zero-order valence-corrected chi connectivity index (χ0v) is 10.6. The maximum atomic E-state index is 9.13. The molecule has 3 N–H and O–H groups in total. The fourth-order valence-electron chi connectivity index (χ4n) is 1.34. The highest BCUT2D eigenvalue weighted by molar-refractivity contribution is 7.80. The molecule has 0 fully saturated rings. The molecule has 0 aromatic carbocycles. The van der Waals surface area contributed by atoms with Crippen LogP contribution in [-0.4, -0.2) is 34.8 Å². The summed E-state index contributed by atoms with van der Waals surface area (Å²) in [6.45, 7) is 3.88. The lowest BCUT2D eigenvalue weighted by molar-refractivity contribution is 0.269. The van der Waals surface area contributed by atoms with Gasteiger partial charge < -0.3 is 15.7 Å². The first-order valence-electron chi connectivity index (χ1n) is 5.08. The summed E-state index contributed by atoms with van der Waals surface area (Å²) < 4.78 is 0. The SMILES string of the molecule is Cc1ccc(C(N)=S)c(N(C)C(C)CO)n1. The number of hydrogen-bond donors (Lipinski definition) is 2.